The van der Waals surface area contributed by atoms with Crippen molar-refractivity contribution in [1.82, 2.24) is 0 Å². The van der Waals surface area contributed by atoms with Crippen LogP contribution in [-0.2, 0) is 24.3 Å². The van der Waals surface area contributed by atoms with Gasteiger partial charge in [0.15, 0.2) is 6.10 Å². The van der Waals surface area contributed by atoms with E-state index in [1.54, 1.807) is 0 Å². The monoisotopic (exact) mass is 482 g/mol. The third kappa shape index (κ3) is 4.94. The number of anilines is 2. The van der Waals surface area contributed by atoms with Crippen molar-refractivity contribution in [2.45, 2.75) is 6.10 Å². The Morgan fingerprint density at radius 3 is 2.19 bits per heavy atom. The minimum Gasteiger partial charge on any atom is -0.476 e. The van der Waals surface area contributed by atoms with Gasteiger partial charge in [-0.15, -0.1) is 0 Å². The van der Waals surface area contributed by atoms with Crippen molar-refractivity contribution in [3.63, 3.8) is 0 Å². The van der Waals surface area contributed by atoms with Gasteiger partial charge in [-0.2, -0.15) is 0 Å². The van der Waals surface area contributed by atoms with E-state index in [2.05, 4.69) is 14.8 Å². The van der Waals surface area contributed by atoms with Crippen molar-refractivity contribution in [3.8, 4) is 5.75 Å². The SMILES string of the molecule is COC(=O)c1cc(NC(=O)[C@H]2CN(S(C)(=O)=O)c3cc(Cl)ccc3O2)cc(C(=O)OC)c1. The van der Waals surface area contributed by atoms with Crippen LogP contribution in [-0.4, -0.2) is 59.4 Å². The molecular formula is C20H19ClN2O8S. The number of carbonyl (C=O) groups is 3. The maximum atomic E-state index is 12.9. The lowest BCUT2D eigenvalue weighted by Gasteiger charge is -2.34. The van der Waals surface area contributed by atoms with Gasteiger partial charge < -0.3 is 19.5 Å². The number of fused-ring (bicyclic) bond motifs is 1. The van der Waals surface area contributed by atoms with Crippen molar-refractivity contribution >= 4 is 50.8 Å². The van der Waals surface area contributed by atoms with Gasteiger partial charge in [0.25, 0.3) is 5.91 Å². The molecule has 10 nitrogen and oxygen atoms in total. The smallest absolute Gasteiger partial charge is 0.337 e. The van der Waals surface area contributed by atoms with Gasteiger partial charge in [-0.3, -0.25) is 9.10 Å². The molecule has 1 atom stereocenters. The summed E-state index contributed by atoms with van der Waals surface area (Å²) >= 11 is 5.97. The highest BCUT2D eigenvalue weighted by atomic mass is 35.5. The van der Waals surface area contributed by atoms with Crippen molar-refractivity contribution in [3.05, 3.63) is 52.5 Å². The summed E-state index contributed by atoms with van der Waals surface area (Å²) in [6.45, 7) is -0.307. The number of esters is 2. The summed E-state index contributed by atoms with van der Waals surface area (Å²) in [6.07, 6.45) is -0.220. The lowest BCUT2D eigenvalue weighted by atomic mass is 10.1. The molecule has 170 valence electrons. The normalized spacial score (nSPS) is 15.2. The minimum atomic E-state index is -3.75. The largest absolute Gasteiger partial charge is 0.476 e. The van der Waals surface area contributed by atoms with E-state index in [-0.39, 0.29) is 34.8 Å². The molecule has 0 spiro atoms. The maximum Gasteiger partial charge on any atom is 0.337 e. The Balaban J connectivity index is 1.92. The highest BCUT2D eigenvalue weighted by Gasteiger charge is 2.35. The Hall–Kier alpha value is -3.31. The Labute approximate surface area is 189 Å². The average molecular weight is 483 g/mol. The second-order valence-corrected chi connectivity index (χ2v) is 9.13. The second kappa shape index (κ2) is 9.05. The van der Waals surface area contributed by atoms with Crippen LogP contribution < -0.4 is 14.4 Å². The standard InChI is InChI=1S/C20H19ClN2O8S/c1-29-19(25)11-6-12(20(26)30-2)8-14(7-11)22-18(24)17-10-23(32(3,27)28)15-9-13(21)4-5-16(15)31-17/h4-9,17H,10H2,1-3H3,(H,22,24)/t17-/m1/s1. The van der Waals surface area contributed by atoms with E-state index >= 15 is 0 Å². The molecule has 0 aliphatic carbocycles. The summed E-state index contributed by atoms with van der Waals surface area (Å²) in [5.74, 6) is -2.00. The predicted octanol–water partition coefficient (Wildman–Crippen LogP) is 2.08. The molecule has 0 unspecified atom stereocenters. The van der Waals surface area contributed by atoms with Crippen molar-refractivity contribution in [2.75, 3.05) is 36.6 Å². The molecule has 1 heterocycles. The first-order chi connectivity index (χ1) is 15.0. The molecule has 32 heavy (non-hydrogen) atoms. The number of benzene rings is 2. The van der Waals surface area contributed by atoms with E-state index in [4.69, 9.17) is 16.3 Å². The van der Waals surface area contributed by atoms with Crippen LogP contribution in [0.3, 0.4) is 0 Å². The van der Waals surface area contributed by atoms with Crippen LogP contribution in [0, 0.1) is 0 Å². The first kappa shape index (κ1) is 23.4. The molecule has 1 aliphatic rings. The summed E-state index contributed by atoms with van der Waals surface area (Å²) in [6, 6.07) is 8.26. The lowest BCUT2D eigenvalue weighted by Crippen LogP contribution is -2.48. The maximum absolute atomic E-state index is 12.9. The van der Waals surface area contributed by atoms with Crippen molar-refractivity contribution in [1.29, 1.82) is 0 Å². The highest BCUT2D eigenvalue weighted by Crippen LogP contribution is 2.37. The molecule has 0 aromatic heterocycles. The zero-order valence-corrected chi connectivity index (χ0v) is 18.8. The Morgan fingerprint density at radius 1 is 1.06 bits per heavy atom. The molecular weight excluding hydrogens is 464 g/mol. The fraction of sp³-hybridized carbons (Fsp3) is 0.250. The number of carbonyl (C=O) groups excluding carboxylic acids is 3. The first-order valence-electron chi connectivity index (χ1n) is 9.10. The van der Waals surface area contributed by atoms with E-state index in [0.29, 0.717) is 5.02 Å². The molecule has 0 saturated carbocycles. The molecule has 12 heteroatoms. The molecule has 1 N–H and O–H groups in total. The topological polar surface area (TPSA) is 128 Å². The van der Waals surface area contributed by atoms with E-state index < -0.39 is 34.0 Å². The summed E-state index contributed by atoms with van der Waals surface area (Å²) in [4.78, 5) is 36.8. The van der Waals surface area contributed by atoms with E-state index in [9.17, 15) is 22.8 Å². The van der Waals surface area contributed by atoms with Gasteiger partial charge in [0.1, 0.15) is 5.75 Å². The quantitative estimate of drug-likeness (QED) is 0.641. The van der Waals surface area contributed by atoms with Gasteiger partial charge in [0.05, 0.1) is 43.8 Å². The van der Waals surface area contributed by atoms with Crippen LogP contribution in [0.25, 0.3) is 0 Å². The number of sulfonamides is 1. The van der Waals surface area contributed by atoms with Crippen molar-refractivity contribution in [2.24, 2.45) is 0 Å². The Bertz CT molecular complexity index is 1160. The van der Waals surface area contributed by atoms with Crippen LogP contribution in [0.5, 0.6) is 5.75 Å². The van der Waals surface area contributed by atoms with Crippen LogP contribution in [0.1, 0.15) is 20.7 Å². The average Bonchev–Trinajstić information content (AvgIpc) is 2.76. The number of nitrogens with one attached hydrogen (secondary N) is 1. The second-order valence-electron chi connectivity index (χ2n) is 6.78. The number of hydrogen-bond donors (Lipinski definition) is 1. The number of halogens is 1. The number of ether oxygens (including phenoxy) is 3. The van der Waals surface area contributed by atoms with Crippen molar-refractivity contribution < 1.29 is 37.0 Å². The van der Waals surface area contributed by atoms with Gasteiger partial charge in [-0.05, 0) is 36.4 Å². The van der Waals surface area contributed by atoms with E-state index in [1.807, 2.05) is 0 Å². The molecule has 1 aliphatic heterocycles. The number of rotatable bonds is 5. The Morgan fingerprint density at radius 2 is 1.66 bits per heavy atom. The number of methoxy groups -OCH3 is 2. The fourth-order valence-corrected chi connectivity index (χ4v) is 4.14. The molecule has 3 rings (SSSR count). The van der Waals surface area contributed by atoms with Gasteiger partial charge in [0.2, 0.25) is 10.0 Å². The Kier molecular flexibility index (Phi) is 6.60. The van der Waals surface area contributed by atoms with Gasteiger partial charge >= 0.3 is 11.9 Å². The highest BCUT2D eigenvalue weighted by molar-refractivity contribution is 7.92. The molecule has 2 aromatic carbocycles. The summed E-state index contributed by atoms with van der Waals surface area (Å²) in [5, 5.41) is 2.84. The summed E-state index contributed by atoms with van der Waals surface area (Å²) in [5.41, 5.74) is 0.320. The molecule has 0 fully saturated rings. The predicted molar refractivity (Wildman–Crippen MR) is 116 cm³/mol. The molecule has 0 bridgehead atoms. The first-order valence-corrected chi connectivity index (χ1v) is 11.3. The van der Waals surface area contributed by atoms with Gasteiger partial charge in [-0.25, -0.2) is 18.0 Å². The van der Waals surface area contributed by atoms with Crippen LogP contribution in [0.2, 0.25) is 5.02 Å². The summed E-state index contributed by atoms with van der Waals surface area (Å²) < 4.78 is 40.6. The van der Waals surface area contributed by atoms with Crippen LogP contribution in [0.4, 0.5) is 11.4 Å². The number of nitrogens with zero attached hydrogens (tertiary/aromatic N) is 1. The molecule has 0 radical (unpaired) electrons. The zero-order chi connectivity index (χ0) is 23.6. The molecule has 0 saturated heterocycles. The zero-order valence-electron chi connectivity index (χ0n) is 17.2. The number of hydrogen-bond acceptors (Lipinski definition) is 8. The number of amides is 1. The third-order valence-corrected chi connectivity index (χ3v) is 5.91. The third-order valence-electron chi connectivity index (χ3n) is 4.53. The lowest BCUT2D eigenvalue weighted by molar-refractivity contribution is -0.122. The van der Waals surface area contributed by atoms with Gasteiger partial charge in [-0.1, -0.05) is 11.6 Å². The van der Waals surface area contributed by atoms with Gasteiger partial charge in [0, 0.05) is 10.7 Å². The fourth-order valence-electron chi connectivity index (χ4n) is 3.07. The molecule has 1 amide bonds. The van der Waals surface area contributed by atoms with Crippen LogP contribution >= 0.6 is 11.6 Å². The minimum absolute atomic E-state index is 0.00742. The summed E-state index contributed by atoms with van der Waals surface area (Å²) in [7, 11) is -1.40. The van der Waals surface area contributed by atoms with E-state index in [0.717, 1.165) is 10.6 Å². The van der Waals surface area contributed by atoms with E-state index in [1.165, 1.54) is 50.6 Å². The molecule has 2 aromatic rings. The van der Waals surface area contributed by atoms with Crippen LogP contribution in [0.15, 0.2) is 36.4 Å².